The van der Waals surface area contributed by atoms with Gasteiger partial charge in [0.1, 0.15) is 11.5 Å². The summed E-state index contributed by atoms with van der Waals surface area (Å²) in [6.07, 6.45) is 0. The summed E-state index contributed by atoms with van der Waals surface area (Å²) in [5.41, 5.74) is 3.47. The van der Waals surface area contributed by atoms with E-state index in [4.69, 9.17) is 35.8 Å². The normalized spacial score (nSPS) is 13.3. The van der Waals surface area contributed by atoms with Crippen LogP contribution in [0.3, 0.4) is 0 Å². The molecule has 0 atom stereocenters. The van der Waals surface area contributed by atoms with Gasteiger partial charge in [0.2, 0.25) is 17.8 Å². The number of hydrogen-bond donors (Lipinski definition) is 3. The van der Waals surface area contributed by atoms with Gasteiger partial charge in [-0.15, -0.1) is 0 Å². The summed E-state index contributed by atoms with van der Waals surface area (Å²) < 4.78 is 16.3. The van der Waals surface area contributed by atoms with E-state index in [0.717, 1.165) is 44.7 Å². The summed E-state index contributed by atoms with van der Waals surface area (Å²) in [7, 11) is 3.30. The quantitative estimate of drug-likeness (QED) is 0.145. The molecule has 0 saturated carbocycles. The molecule has 3 N–H and O–H groups in total. The lowest BCUT2D eigenvalue weighted by Gasteiger charge is -2.27. The molecule has 0 aliphatic carbocycles. The van der Waals surface area contributed by atoms with Crippen LogP contribution in [-0.4, -0.2) is 73.5 Å². The molecular weight excluding hydrogens is 556 g/mol. The van der Waals surface area contributed by atoms with Crippen LogP contribution in [0.2, 0.25) is 5.02 Å². The van der Waals surface area contributed by atoms with Gasteiger partial charge < -0.3 is 35.1 Å². The number of morpholine rings is 1. The van der Waals surface area contributed by atoms with Gasteiger partial charge in [0.25, 0.3) is 0 Å². The van der Waals surface area contributed by atoms with Crippen molar-refractivity contribution < 1.29 is 14.2 Å². The molecule has 216 valence electrons. The Morgan fingerprint density at radius 2 is 1.50 bits per heavy atom. The molecule has 42 heavy (non-hydrogen) atoms. The molecule has 1 aliphatic heterocycles. The summed E-state index contributed by atoms with van der Waals surface area (Å²) >= 11 is 6.28. The van der Waals surface area contributed by atoms with Gasteiger partial charge in [-0.1, -0.05) is 11.6 Å². The van der Waals surface area contributed by atoms with E-state index in [1.807, 2.05) is 60.7 Å². The second kappa shape index (κ2) is 12.5. The first-order valence-electron chi connectivity index (χ1n) is 13.6. The minimum absolute atomic E-state index is 0.446. The van der Waals surface area contributed by atoms with Crippen molar-refractivity contribution in [1.29, 1.82) is 0 Å². The number of halogens is 1. The van der Waals surface area contributed by atoms with Gasteiger partial charge in [-0.2, -0.15) is 15.0 Å². The Bertz CT molecular complexity index is 1700. The van der Waals surface area contributed by atoms with Gasteiger partial charge in [-0.25, -0.2) is 4.98 Å². The molecule has 2 aromatic heterocycles. The zero-order chi connectivity index (χ0) is 28.9. The third-order valence-electron chi connectivity index (χ3n) is 6.92. The number of pyridine rings is 1. The van der Waals surface area contributed by atoms with Crippen LogP contribution >= 0.6 is 11.6 Å². The Morgan fingerprint density at radius 1 is 0.762 bits per heavy atom. The third kappa shape index (κ3) is 6.17. The van der Waals surface area contributed by atoms with E-state index in [1.54, 1.807) is 14.2 Å². The third-order valence-corrected chi connectivity index (χ3v) is 7.15. The predicted molar refractivity (Wildman–Crippen MR) is 167 cm³/mol. The molecule has 5 aromatic rings. The number of benzene rings is 3. The number of ether oxygens (including phenoxy) is 3. The molecule has 0 bridgehead atoms. The van der Waals surface area contributed by atoms with Gasteiger partial charge >= 0.3 is 0 Å². The average Bonchev–Trinajstić information content (AvgIpc) is 3.03. The largest absolute Gasteiger partial charge is 0.497 e. The zero-order valence-electron chi connectivity index (χ0n) is 23.4. The van der Waals surface area contributed by atoms with Crippen LogP contribution in [0.4, 0.5) is 29.2 Å². The van der Waals surface area contributed by atoms with Crippen LogP contribution in [0.5, 0.6) is 11.5 Å². The molecular formula is C30H31ClN8O3. The first kappa shape index (κ1) is 27.6. The Labute approximate surface area is 248 Å². The summed E-state index contributed by atoms with van der Waals surface area (Å²) in [4.78, 5) is 20.9. The van der Waals surface area contributed by atoms with Crippen LogP contribution < -0.4 is 30.3 Å². The van der Waals surface area contributed by atoms with E-state index in [2.05, 4.69) is 30.8 Å². The maximum absolute atomic E-state index is 6.28. The number of methoxy groups -OCH3 is 2. The van der Waals surface area contributed by atoms with Crippen LogP contribution in [-0.2, 0) is 4.74 Å². The van der Waals surface area contributed by atoms with Gasteiger partial charge in [0.05, 0.1) is 44.2 Å². The molecule has 0 spiro atoms. The molecule has 1 aliphatic rings. The van der Waals surface area contributed by atoms with Crippen molar-refractivity contribution in [2.45, 2.75) is 0 Å². The van der Waals surface area contributed by atoms with Gasteiger partial charge in [0.15, 0.2) is 0 Å². The minimum atomic E-state index is 0.446. The molecule has 0 amide bonds. The Kier molecular flexibility index (Phi) is 8.20. The van der Waals surface area contributed by atoms with E-state index < -0.39 is 0 Å². The molecule has 1 fully saturated rings. The maximum Gasteiger partial charge on any atom is 0.233 e. The number of rotatable bonds is 10. The molecule has 3 heterocycles. The van der Waals surface area contributed by atoms with E-state index >= 15 is 0 Å². The molecule has 0 radical (unpaired) electrons. The SMILES string of the molecule is COc1ccc(Nc2nc(NCCNc3c4ccc(Cl)cc4nc4ccc(OC)cc34)nc(N3CCOCC3)n2)cc1. The van der Waals surface area contributed by atoms with Crippen LogP contribution in [0.1, 0.15) is 0 Å². The molecule has 11 nitrogen and oxygen atoms in total. The lowest BCUT2D eigenvalue weighted by molar-refractivity contribution is 0.122. The van der Waals surface area contributed by atoms with Crippen molar-refractivity contribution in [1.82, 2.24) is 19.9 Å². The summed E-state index contributed by atoms with van der Waals surface area (Å²) in [6, 6.07) is 19.2. The van der Waals surface area contributed by atoms with Crippen LogP contribution in [0.25, 0.3) is 21.8 Å². The first-order chi connectivity index (χ1) is 20.6. The van der Waals surface area contributed by atoms with Crippen molar-refractivity contribution in [3.8, 4) is 11.5 Å². The number of nitrogens with zero attached hydrogens (tertiary/aromatic N) is 5. The fourth-order valence-electron chi connectivity index (χ4n) is 4.78. The maximum atomic E-state index is 6.28. The highest BCUT2D eigenvalue weighted by Gasteiger charge is 2.17. The van der Waals surface area contributed by atoms with Crippen molar-refractivity contribution in [3.05, 3.63) is 65.7 Å². The molecule has 1 saturated heterocycles. The van der Waals surface area contributed by atoms with Crippen LogP contribution in [0.15, 0.2) is 60.7 Å². The molecule has 3 aromatic carbocycles. The number of hydrogen-bond acceptors (Lipinski definition) is 11. The molecule has 12 heteroatoms. The highest BCUT2D eigenvalue weighted by atomic mass is 35.5. The lowest BCUT2D eigenvalue weighted by Crippen LogP contribution is -2.37. The van der Waals surface area contributed by atoms with Crippen molar-refractivity contribution >= 4 is 62.6 Å². The van der Waals surface area contributed by atoms with E-state index in [-0.39, 0.29) is 0 Å². The van der Waals surface area contributed by atoms with Crippen molar-refractivity contribution in [3.63, 3.8) is 0 Å². The second-order valence-electron chi connectivity index (χ2n) is 9.62. The van der Waals surface area contributed by atoms with Crippen molar-refractivity contribution in [2.24, 2.45) is 0 Å². The fraction of sp³-hybridized carbons (Fsp3) is 0.267. The Balaban J connectivity index is 1.22. The zero-order valence-corrected chi connectivity index (χ0v) is 24.1. The summed E-state index contributed by atoms with van der Waals surface area (Å²) in [5, 5.41) is 12.8. The number of fused-ring (bicyclic) bond motifs is 2. The Morgan fingerprint density at radius 3 is 2.29 bits per heavy atom. The highest BCUT2D eigenvalue weighted by molar-refractivity contribution is 6.31. The standard InChI is InChI=1S/C30H31ClN8O3/c1-40-21-6-4-20(5-7-21)34-29-36-28(37-30(38-29)39-13-15-42-16-14-39)33-12-11-32-27-23-9-3-19(31)17-26(23)35-25-10-8-22(41-2)18-24(25)27/h3-10,17-18H,11-16H2,1-2H3,(H,32,35)(H2,33,34,36,37,38). The summed E-state index contributed by atoms with van der Waals surface area (Å²) in [5.74, 6) is 3.05. The van der Waals surface area contributed by atoms with E-state index in [0.29, 0.717) is 62.3 Å². The van der Waals surface area contributed by atoms with Gasteiger partial charge in [-0.05, 0) is 60.7 Å². The topological polar surface area (TPSA) is 119 Å². The Hall–Kier alpha value is -4.61. The summed E-state index contributed by atoms with van der Waals surface area (Å²) in [6.45, 7) is 3.82. The van der Waals surface area contributed by atoms with Crippen molar-refractivity contribution in [2.75, 3.05) is 74.5 Å². The monoisotopic (exact) mass is 586 g/mol. The van der Waals surface area contributed by atoms with E-state index in [1.165, 1.54) is 0 Å². The number of aromatic nitrogens is 4. The average molecular weight is 587 g/mol. The molecule has 6 rings (SSSR count). The van der Waals surface area contributed by atoms with Crippen LogP contribution in [0, 0.1) is 0 Å². The second-order valence-corrected chi connectivity index (χ2v) is 10.1. The number of anilines is 5. The predicted octanol–water partition coefficient (Wildman–Crippen LogP) is 5.35. The highest BCUT2D eigenvalue weighted by Crippen LogP contribution is 2.34. The van der Waals surface area contributed by atoms with Gasteiger partial charge in [0, 0.05) is 47.7 Å². The van der Waals surface area contributed by atoms with E-state index in [9.17, 15) is 0 Å². The van der Waals surface area contributed by atoms with Gasteiger partial charge in [-0.3, -0.25) is 0 Å². The number of nitrogens with one attached hydrogen (secondary N) is 3. The first-order valence-corrected chi connectivity index (χ1v) is 14.0. The smallest absolute Gasteiger partial charge is 0.233 e. The minimum Gasteiger partial charge on any atom is -0.497 e. The fourth-order valence-corrected chi connectivity index (χ4v) is 4.95. The lowest BCUT2D eigenvalue weighted by atomic mass is 10.1. The molecule has 0 unspecified atom stereocenters.